The van der Waals surface area contributed by atoms with Gasteiger partial charge >= 0.3 is 5.97 Å². The lowest BCUT2D eigenvalue weighted by atomic mass is 10.1. The third kappa shape index (κ3) is 2.27. The van der Waals surface area contributed by atoms with Gasteiger partial charge in [-0.15, -0.1) is 0 Å². The van der Waals surface area contributed by atoms with Crippen molar-refractivity contribution in [2.75, 3.05) is 11.4 Å². The normalized spacial score (nSPS) is 14.8. The third-order valence-corrected chi connectivity index (χ3v) is 3.05. The molecule has 1 aromatic carbocycles. The second-order valence-corrected chi connectivity index (χ2v) is 4.15. The Morgan fingerprint density at radius 1 is 1.32 bits per heavy atom. The monoisotopic (exact) mass is 259 g/mol. The van der Waals surface area contributed by atoms with Gasteiger partial charge in [-0.1, -0.05) is 25.1 Å². The maximum Gasteiger partial charge on any atom is 0.331 e. The summed E-state index contributed by atoms with van der Waals surface area (Å²) in [5, 5.41) is 8.92. The molecule has 0 saturated heterocycles. The Bertz CT molecular complexity index is 589. The zero-order chi connectivity index (χ0) is 14.0. The van der Waals surface area contributed by atoms with Crippen molar-refractivity contribution in [1.29, 1.82) is 0 Å². The molecule has 1 aromatic rings. The molecule has 0 bridgehead atoms. The van der Waals surface area contributed by atoms with Crippen LogP contribution >= 0.6 is 0 Å². The molecule has 0 aromatic heterocycles. The van der Waals surface area contributed by atoms with E-state index in [0.29, 0.717) is 17.7 Å². The van der Waals surface area contributed by atoms with Crippen molar-refractivity contribution < 1.29 is 19.5 Å². The van der Waals surface area contributed by atoms with E-state index < -0.39 is 17.7 Å². The van der Waals surface area contributed by atoms with Crippen LogP contribution in [0.15, 0.2) is 35.9 Å². The molecule has 98 valence electrons. The van der Waals surface area contributed by atoms with Crippen LogP contribution in [0.25, 0.3) is 0 Å². The molecule has 1 aliphatic heterocycles. The molecule has 1 N–H and O–H groups in total. The van der Waals surface area contributed by atoms with Crippen molar-refractivity contribution in [3.63, 3.8) is 0 Å². The van der Waals surface area contributed by atoms with E-state index in [1.807, 2.05) is 0 Å². The van der Waals surface area contributed by atoms with Crippen LogP contribution in [0.2, 0.25) is 0 Å². The first kappa shape index (κ1) is 13.0. The van der Waals surface area contributed by atoms with Crippen LogP contribution in [0.4, 0.5) is 5.69 Å². The zero-order valence-electron chi connectivity index (χ0n) is 10.4. The summed E-state index contributed by atoms with van der Waals surface area (Å²) in [4.78, 5) is 35.7. The first-order valence-corrected chi connectivity index (χ1v) is 5.93. The van der Waals surface area contributed by atoms with E-state index in [1.54, 1.807) is 31.2 Å². The number of aliphatic carboxylic acids is 1. The summed E-state index contributed by atoms with van der Waals surface area (Å²) < 4.78 is 0. The number of anilines is 1. The molecule has 1 amide bonds. The Balaban J connectivity index is 2.29. The topological polar surface area (TPSA) is 74.7 Å². The molecule has 2 rings (SSSR count). The average molecular weight is 259 g/mol. The Morgan fingerprint density at radius 2 is 2.00 bits per heavy atom. The average Bonchev–Trinajstić information content (AvgIpc) is 2.64. The van der Waals surface area contributed by atoms with Gasteiger partial charge in [-0.2, -0.15) is 0 Å². The van der Waals surface area contributed by atoms with E-state index >= 15 is 0 Å². The SMILES string of the molecule is CCC(=CCN1C(=O)C(=O)c2ccccc21)C(=O)O. The largest absolute Gasteiger partial charge is 0.478 e. The number of carboxylic acid groups (broad SMARTS) is 1. The van der Waals surface area contributed by atoms with Gasteiger partial charge in [-0.3, -0.25) is 9.59 Å². The number of fused-ring (bicyclic) bond motifs is 1. The number of amides is 1. The van der Waals surface area contributed by atoms with Crippen LogP contribution in [0.3, 0.4) is 0 Å². The third-order valence-electron chi connectivity index (χ3n) is 3.05. The van der Waals surface area contributed by atoms with Crippen LogP contribution in [0.5, 0.6) is 0 Å². The smallest absolute Gasteiger partial charge is 0.331 e. The molecule has 0 spiro atoms. The molecule has 0 radical (unpaired) electrons. The maximum absolute atomic E-state index is 11.8. The van der Waals surface area contributed by atoms with Gasteiger partial charge in [0.1, 0.15) is 0 Å². The number of Topliss-reactive ketones (excluding diaryl/α,β-unsaturated/α-hetero) is 1. The first-order chi connectivity index (χ1) is 9.06. The molecule has 5 nitrogen and oxygen atoms in total. The van der Waals surface area contributed by atoms with E-state index in [1.165, 1.54) is 11.0 Å². The van der Waals surface area contributed by atoms with Gasteiger partial charge in [-0.25, -0.2) is 4.79 Å². The lowest BCUT2D eigenvalue weighted by molar-refractivity contribution is -0.132. The number of carbonyl (C=O) groups excluding carboxylic acids is 2. The molecule has 0 unspecified atom stereocenters. The zero-order valence-corrected chi connectivity index (χ0v) is 10.4. The lowest BCUT2D eigenvalue weighted by Crippen LogP contribution is -2.30. The summed E-state index contributed by atoms with van der Waals surface area (Å²) in [6.07, 6.45) is 1.84. The van der Waals surface area contributed by atoms with E-state index in [-0.39, 0.29) is 12.1 Å². The predicted molar refractivity (Wildman–Crippen MR) is 69.1 cm³/mol. The quantitative estimate of drug-likeness (QED) is 0.658. The summed E-state index contributed by atoms with van der Waals surface area (Å²) in [5.74, 6) is -2.16. The second-order valence-electron chi connectivity index (χ2n) is 4.15. The second kappa shape index (κ2) is 5.06. The number of hydrogen-bond donors (Lipinski definition) is 1. The van der Waals surface area contributed by atoms with Crippen LogP contribution in [0.1, 0.15) is 23.7 Å². The summed E-state index contributed by atoms with van der Waals surface area (Å²) in [7, 11) is 0. The summed E-state index contributed by atoms with van der Waals surface area (Å²) in [5.41, 5.74) is 1.13. The fourth-order valence-corrected chi connectivity index (χ4v) is 2.01. The van der Waals surface area contributed by atoms with Crippen molar-refractivity contribution in [2.45, 2.75) is 13.3 Å². The standard InChI is InChI=1S/C14H13NO4/c1-2-9(14(18)19)7-8-15-11-6-4-3-5-10(11)12(16)13(15)17/h3-7H,2,8H2,1H3,(H,18,19). The van der Waals surface area contributed by atoms with Crippen LogP contribution < -0.4 is 4.90 Å². The number of para-hydroxylation sites is 1. The number of carbonyl (C=O) groups is 3. The van der Waals surface area contributed by atoms with E-state index in [2.05, 4.69) is 0 Å². The highest BCUT2D eigenvalue weighted by molar-refractivity contribution is 6.52. The molecule has 1 heterocycles. The minimum atomic E-state index is -1.01. The molecule has 19 heavy (non-hydrogen) atoms. The highest BCUT2D eigenvalue weighted by atomic mass is 16.4. The van der Waals surface area contributed by atoms with Crippen molar-refractivity contribution in [3.05, 3.63) is 41.5 Å². The Labute approximate surface area is 110 Å². The van der Waals surface area contributed by atoms with Crippen molar-refractivity contribution >= 4 is 23.3 Å². The number of rotatable bonds is 4. The van der Waals surface area contributed by atoms with Gasteiger partial charge in [0, 0.05) is 12.1 Å². The van der Waals surface area contributed by atoms with Crippen molar-refractivity contribution in [1.82, 2.24) is 0 Å². The van der Waals surface area contributed by atoms with Gasteiger partial charge < -0.3 is 10.0 Å². The number of benzene rings is 1. The highest BCUT2D eigenvalue weighted by Gasteiger charge is 2.34. The molecule has 0 aliphatic carbocycles. The van der Waals surface area contributed by atoms with Crippen LogP contribution in [0, 0.1) is 0 Å². The molecule has 0 saturated carbocycles. The maximum atomic E-state index is 11.8. The van der Waals surface area contributed by atoms with Gasteiger partial charge in [0.25, 0.3) is 11.7 Å². The Kier molecular flexibility index (Phi) is 3.46. The Morgan fingerprint density at radius 3 is 2.63 bits per heavy atom. The van der Waals surface area contributed by atoms with Gasteiger partial charge in [-0.05, 0) is 18.6 Å². The molecule has 1 aliphatic rings. The molecule has 0 atom stereocenters. The van der Waals surface area contributed by atoms with Gasteiger partial charge in [0.05, 0.1) is 11.3 Å². The van der Waals surface area contributed by atoms with Gasteiger partial charge in [0.2, 0.25) is 0 Å². The first-order valence-electron chi connectivity index (χ1n) is 5.93. The van der Waals surface area contributed by atoms with Gasteiger partial charge in [0.15, 0.2) is 0 Å². The van der Waals surface area contributed by atoms with Crippen LogP contribution in [-0.2, 0) is 9.59 Å². The van der Waals surface area contributed by atoms with Crippen molar-refractivity contribution in [3.8, 4) is 0 Å². The summed E-state index contributed by atoms with van der Waals surface area (Å²) >= 11 is 0. The number of carboxylic acids is 1. The molecular weight excluding hydrogens is 246 g/mol. The summed E-state index contributed by atoms with van der Waals surface area (Å²) in [6, 6.07) is 6.70. The lowest BCUT2D eigenvalue weighted by Gasteiger charge is -2.14. The van der Waals surface area contributed by atoms with Crippen LogP contribution in [-0.4, -0.2) is 29.3 Å². The molecule has 5 heteroatoms. The fourth-order valence-electron chi connectivity index (χ4n) is 2.01. The van der Waals surface area contributed by atoms with E-state index in [4.69, 9.17) is 5.11 Å². The highest BCUT2D eigenvalue weighted by Crippen LogP contribution is 2.28. The number of nitrogens with zero attached hydrogens (tertiary/aromatic N) is 1. The fraction of sp³-hybridized carbons (Fsp3) is 0.214. The van der Waals surface area contributed by atoms with E-state index in [0.717, 1.165) is 0 Å². The molecular formula is C14H13NO4. The Hall–Kier alpha value is -2.43. The van der Waals surface area contributed by atoms with Crippen molar-refractivity contribution in [2.24, 2.45) is 0 Å². The number of ketones is 1. The number of hydrogen-bond acceptors (Lipinski definition) is 3. The summed E-state index contributed by atoms with van der Waals surface area (Å²) in [6.45, 7) is 1.82. The van der Waals surface area contributed by atoms with E-state index in [9.17, 15) is 14.4 Å². The predicted octanol–water partition coefficient (Wildman–Crippen LogP) is 1.64. The molecule has 0 fully saturated rings. The minimum Gasteiger partial charge on any atom is -0.478 e. The minimum absolute atomic E-state index is 0.0943.